The van der Waals surface area contributed by atoms with Crippen LogP contribution in [0.2, 0.25) is 5.15 Å². The molecule has 0 atom stereocenters. The molecule has 0 aliphatic rings. The topological polar surface area (TPSA) is 85.8 Å². The molecule has 0 fully saturated rings. The molecule has 2 heterocycles. The van der Waals surface area contributed by atoms with Gasteiger partial charge in [-0.15, -0.1) is 0 Å². The molecule has 2 aromatic rings. The van der Waals surface area contributed by atoms with Gasteiger partial charge in [0.05, 0.1) is 29.0 Å². The number of hydrogen-bond acceptors (Lipinski definition) is 4. The Hall–Kier alpha value is -2.08. The van der Waals surface area contributed by atoms with Gasteiger partial charge in [-0.05, 0) is 26.0 Å². The number of amides is 1. The fourth-order valence-corrected chi connectivity index (χ4v) is 1.76. The van der Waals surface area contributed by atoms with Crippen LogP contribution in [-0.4, -0.2) is 20.7 Å². The molecule has 0 aliphatic heterocycles. The number of carbonyl (C=O) groups excluding carboxylic acids is 1. The number of nitrogens with one attached hydrogen (secondary N) is 1. The van der Waals surface area contributed by atoms with Gasteiger partial charge in [0.2, 0.25) is 5.91 Å². The molecule has 6 nitrogen and oxygen atoms in total. The molecule has 2 aromatic heterocycles. The number of nitrogens with two attached hydrogens (primary N) is 1. The molecule has 7 heteroatoms. The van der Waals surface area contributed by atoms with Crippen LogP contribution in [0.3, 0.4) is 0 Å². The molecule has 0 aliphatic carbocycles. The number of rotatable bonds is 3. The number of halogens is 1. The number of nitrogens with zero attached hydrogens (tertiary/aromatic N) is 3. The normalized spacial score (nSPS) is 10.5. The Balaban J connectivity index is 2.05. The van der Waals surface area contributed by atoms with E-state index >= 15 is 0 Å². The molecule has 3 N–H and O–H groups in total. The van der Waals surface area contributed by atoms with Crippen LogP contribution < -0.4 is 11.1 Å². The first-order valence-electron chi connectivity index (χ1n) is 5.68. The number of hydrogen-bond donors (Lipinski definition) is 2. The number of aryl methyl sites for hydroxylation is 1. The first-order valence-corrected chi connectivity index (χ1v) is 6.06. The van der Waals surface area contributed by atoms with Crippen LogP contribution >= 0.6 is 11.6 Å². The van der Waals surface area contributed by atoms with Crippen molar-refractivity contribution in [2.45, 2.75) is 20.4 Å². The highest BCUT2D eigenvalue weighted by Crippen LogP contribution is 2.15. The van der Waals surface area contributed by atoms with Crippen molar-refractivity contribution in [3.05, 3.63) is 34.9 Å². The second kappa shape index (κ2) is 5.27. The Labute approximate surface area is 115 Å². The first-order chi connectivity index (χ1) is 8.97. The van der Waals surface area contributed by atoms with Gasteiger partial charge in [0.1, 0.15) is 11.7 Å². The van der Waals surface area contributed by atoms with Crippen molar-refractivity contribution in [3.63, 3.8) is 0 Å². The third-order valence-electron chi connectivity index (χ3n) is 2.74. The fraction of sp³-hybridized carbons (Fsp3) is 0.250. The molecular weight excluding hydrogens is 266 g/mol. The number of pyridine rings is 1. The highest BCUT2D eigenvalue weighted by Gasteiger charge is 2.11. The van der Waals surface area contributed by atoms with Crippen LogP contribution in [0, 0.1) is 13.8 Å². The van der Waals surface area contributed by atoms with Gasteiger partial charge in [-0.2, -0.15) is 5.10 Å². The van der Waals surface area contributed by atoms with Gasteiger partial charge < -0.3 is 11.1 Å². The number of carbonyl (C=O) groups is 1. The van der Waals surface area contributed by atoms with E-state index in [1.54, 1.807) is 23.7 Å². The maximum atomic E-state index is 11.9. The van der Waals surface area contributed by atoms with Gasteiger partial charge in [0.25, 0.3) is 0 Å². The van der Waals surface area contributed by atoms with Crippen LogP contribution in [0.1, 0.15) is 11.4 Å². The highest BCUT2D eigenvalue weighted by atomic mass is 35.5. The zero-order valence-electron chi connectivity index (χ0n) is 10.6. The Morgan fingerprint density at radius 1 is 1.47 bits per heavy atom. The van der Waals surface area contributed by atoms with E-state index in [-0.39, 0.29) is 12.5 Å². The lowest BCUT2D eigenvalue weighted by Crippen LogP contribution is -2.20. The fourth-order valence-electron chi connectivity index (χ4n) is 1.65. The van der Waals surface area contributed by atoms with Gasteiger partial charge in [0.15, 0.2) is 0 Å². The summed E-state index contributed by atoms with van der Waals surface area (Å²) in [6.45, 7) is 3.73. The number of nitrogen functional groups attached to an aromatic ring is 1. The Morgan fingerprint density at radius 2 is 2.21 bits per heavy atom. The van der Waals surface area contributed by atoms with E-state index in [1.165, 1.54) is 6.20 Å². The number of aromatic nitrogens is 3. The lowest BCUT2D eigenvalue weighted by atomic mass is 10.3. The summed E-state index contributed by atoms with van der Waals surface area (Å²) in [7, 11) is 0. The third-order valence-corrected chi connectivity index (χ3v) is 2.97. The smallest absolute Gasteiger partial charge is 0.246 e. The van der Waals surface area contributed by atoms with Crippen LogP contribution in [0.4, 0.5) is 11.4 Å². The highest BCUT2D eigenvalue weighted by molar-refractivity contribution is 6.29. The van der Waals surface area contributed by atoms with Crippen molar-refractivity contribution in [2.75, 3.05) is 11.1 Å². The van der Waals surface area contributed by atoms with Crippen LogP contribution in [0.15, 0.2) is 18.3 Å². The summed E-state index contributed by atoms with van der Waals surface area (Å²) in [6.07, 6.45) is 1.50. The van der Waals surface area contributed by atoms with Gasteiger partial charge >= 0.3 is 0 Å². The van der Waals surface area contributed by atoms with E-state index in [2.05, 4.69) is 15.4 Å². The zero-order chi connectivity index (χ0) is 14.0. The van der Waals surface area contributed by atoms with E-state index < -0.39 is 0 Å². The van der Waals surface area contributed by atoms with Crippen LogP contribution in [0.5, 0.6) is 0 Å². The molecule has 0 bridgehead atoms. The van der Waals surface area contributed by atoms with Crippen molar-refractivity contribution >= 4 is 28.9 Å². The average molecular weight is 280 g/mol. The van der Waals surface area contributed by atoms with E-state index in [0.717, 1.165) is 11.4 Å². The minimum Gasteiger partial charge on any atom is -0.396 e. The minimum atomic E-state index is -0.199. The van der Waals surface area contributed by atoms with Crippen molar-refractivity contribution in [2.24, 2.45) is 0 Å². The van der Waals surface area contributed by atoms with E-state index in [0.29, 0.717) is 16.5 Å². The van der Waals surface area contributed by atoms with Crippen molar-refractivity contribution in [1.29, 1.82) is 0 Å². The predicted molar refractivity (Wildman–Crippen MR) is 74.0 cm³/mol. The molecule has 19 heavy (non-hydrogen) atoms. The maximum Gasteiger partial charge on any atom is 0.246 e. The molecule has 0 saturated heterocycles. The van der Waals surface area contributed by atoms with E-state index in [4.69, 9.17) is 17.3 Å². The average Bonchev–Trinajstić information content (AvgIpc) is 2.60. The molecule has 0 spiro atoms. The first kappa shape index (κ1) is 13.4. The maximum absolute atomic E-state index is 11.9. The molecule has 0 saturated carbocycles. The molecule has 0 radical (unpaired) electrons. The van der Waals surface area contributed by atoms with Crippen molar-refractivity contribution in [1.82, 2.24) is 14.8 Å². The Kier molecular flexibility index (Phi) is 3.71. The Bertz CT molecular complexity index is 605. The van der Waals surface area contributed by atoms with E-state index in [9.17, 15) is 4.79 Å². The van der Waals surface area contributed by atoms with E-state index in [1.807, 2.05) is 6.92 Å². The van der Waals surface area contributed by atoms with Gasteiger partial charge in [-0.1, -0.05) is 11.6 Å². The van der Waals surface area contributed by atoms with Gasteiger partial charge in [0, 0.05) is 0 Å². The Morgan fingerprint density at radius 3 is 2.74 bits per heavy atom. The monoisotopic (exact) mass is 279 g/mol. The lowest BCUT2D eigenvalue weighted by molar-refractivity contribution is -0.116. The summed E-state index contributed by atoms with van der Waals surface area (Å²) in [5, 5.41) is 7.29. The minimum absolute atomic E-state index is 0.104. The molecule has 100 valence electrons. The zero-order valence-corrected chi connectivity index (χ0v) is 11.4. The SMILES string of the molecule is Cc1nn(CC(=O)Nc2ccc(Cl)nc2)c(C)c1N. The standard InChI is InChI=1S/C12H14ClN5O/c1-7-12(14)8(2)18(17-7)6-11(19)16-9-3-4-10(13)15-5-9/h3-5H,6,14H2,1-2H3,(H,16,19). The molecule has 0 aromatic carbocycles. The summed E-state index contributed by atoms with van der Waals surface area (Å²) in [6, 6.07) is 3.29. The second-order valence-corrected chi connectivity index (χ2v) is 4.55. The predicted octanol–water partition coefficient (Wildman–Crippen LogP) is 1.77. The molecule has 1 amide bonds. The van der Waals surface area contributed by atoms with Crippen molar-refractivity contribution in [3.8, 4) is 0 Å². The molecule has 2 rings (SSSR count). The van der Waals surface area contributed by atoms with Gasteiger partial charge in [-0.25, -0.2) is 4.98 Å². The summed E-state index contributed by atoms with van der Waals surface area (Å²) >= 11 is 5.67. The van der Waals surface area contributed by atoms with Crippen LogP contribution in [0.25, 0.3) is 0 Å². The number of anilines is 2. The lowest BCUT2D eigenvalue weighted by Gasteiger charge is -2.06. The summed E-state index contributed by atoms with van der Waals surface area (Å²) in [5.41, 5.74) is 8.51. The summed E-state index contributed by atoms with van der Waals surface area (Å²) in [4.78, 5) is 15.7. The summed E-state index contributed by atoms with van der Waals surface area (Å²) in [5.74, 6) is -0.199. The van der Waals surface area contributed by atoms with Crippen LogP contribution in [-0.2, 0) is 11.3 Å². The summed E-state index contributed by atoms with van der Waals surface area (Å²) < 4.78 is 1.57. The quantitative estimate of drug-likeness (QED) is 0.839. The molecular formula is C12H14ClN5O. The van der Waals surface area contributed by atoms with Gasteiger partial charge in [-0.3, -0.25) is 9.48 Å². The second-order valence-electron chi connectivity index (χ2n) is 4.16. The van der Waals surface area contributed by atoms with Crippen molar-refractivity contribution < 1.29 is 4.79 Å². The third kappa shape index (κ3) is 3.03. The largest absolute Gasteiger partial charge is 0.396 e. The molecule has 0 unspecified atom stereocenters.